The normalized spacial score (nSPS) is 36.0. The molecule has 0 amide bonds. The summed E-state index contributed by atoms with van der Waals surface area (Å²) in [6.45, 7) is 4.54. The fraction of sp³-hybridized carbons (Fsp3) is 1.00. The van der Waals surface area contributed by atoms with Crippen LogP contribution in [0.2, 0.25) is 0 Å². The van der Waals surface area contributed by atoms with E-state index in [1.807, 2.05) is 0 Å². The molecule has 0 aromatic heterocycles. The quantitative estimate of drug-likeness (QED) is 0.776. The maximum atomic E-state index is 10.2. The molecular formula is C16H32N2O. The number of nitrogens with zero attached hydrogens (tertiary/aromatic N) is 1. The van der Waals surface area contributed by atoms with E-state index in [4.69, 9.17) is 0 Å². The molecule has 0 bridgehead atoms. The Hall–Kier alpha value is -0.120. The Balaban J connectivity index is 1.81. The number of hydrogen-bond acceptors (Lipinski definition) is 3. The van der Waals surface area contributed by atoms with E-state index < -0.39 is 0 Å². The summed E-state index contributed by atoms with van der Waals surface area (Å²) in [4.78, 5) is 2.44. The molecule has 2 aliphatic rings. The van der Waals surface area contributed by atoms with Crippen LogP contribution in [0.1, 0.15) is 58.3 Å². The van der Waals surface area contributed by atoms with Crippen LogP contribution < -0.4 is 5.32 Å². The largest absolute Gasteiger partial charge is 0.391 e. The number of hydrogen-bond donors (Lipinski definition) is 2. The highest BCUT2D eigenvalue weighted by molar-refractivity contribution is 4.88. The highest BCUT2D eigenvalue weighted by atomic mass is 16.3. The number of aliphatic hydroxyl groups is 1. The smallest absolute Gasteiger partial charge is 0.0695 e. The molecule has 2 N–H and O–H groups in total. The second kappa shape index (κ2) is 7.61. The first-order chi connectivity index (χ1) is 9.22. The molecule has 3 nitrogen and oxygen atoms in total. The molecule has 112 valence electrons. The summed E-state index contributed by atoms with van der Waals surface area (Å²) in [7, 11) is 2.22. The molecule has 4 atom stereocenters. The van der Waals surface area contributed by atoms with Gasteiger partial charge < -0.3 is 15.3 Å². The van der Waals surface area contributed by atoms with E-state index in [2.05, 4.69) is 24.2 Å². The van der Waals surface area contributed by atoms with Crippen molar-refractivity contribution in [1.82, 2.24) is 10.2 Å². The Morgan fingerprint density at radius 3 is 2.63 bits per heavy atom. The Labute approximate surface area is 118 Å². The van der Waals surface area contributed by atoms with Crippen LogP contribution in [-0.2, 0) is 0 Å². The van der Waals surface area contributed by atoms with Crippen LogP contribution in [0.5, 0.6) is 0 Å². The van der Waals surface area contributed by atoms with E-state index in [9.17, 15) is 5.11 Å². The molecule has 2 aliphatic carbocycles. The van der Waals surface area contributed by atoms with Crippen molar-refractivity contribution in [3.63, 3.8) is 0 Å². The standard InChI is InChI=1S/C16H32N2O/c1-3-11-17-14-8-6-7-13(14)12-18(2)15-9-4-5-10-16(15)19/h13-17,19H,3-12H2,1-2H3. The Morgan fingerprint density at radius 2 is 1.89 bits per heavy atom. The van der Waals surface area contributed by atoms with E-state index in [0.717, 1.165) is 25.4 Å². The third kappa shape index (κ3) is 4.17. The van der Waals surface area contributed by atoms with Crippen molar-refractivity contribution < 1.29 is 5.11 Å². The Bertz CT molecular complexity index is 259. The molecule has 0 aromatic carbocycles. The van der Waals surface area contributed by atoms with Gasteiger partial charge in [-0.1, -0.05) is 26.2 Å². The molecule has 0 spiro atoms. The van der Waals surface area contributed by atoms with E-state index in [-0.39, 0.29) is 6.10 Å². The number of likely N-dealkylation sites (N-methyl/N-ethyl adjacent to an activating group) is 1. The fourth-order valence-electron chi connectivity index (χ4n) is 3.96. The molecule has 0 saturated heterocycles. The molecule has 2 saturated carbocycles. The molecule has 2 rings (SSSR count). The van der Waals surface area contributed by atoms with Crippen molar-refractivity contribution in [1.29, 1.82) is 0 Å². The number of rotatable bonds is 6. The van der Waals surface area contributed by atoms with Crippen molar-refractivity contribution in [3.05, 3.63) is 0 Å². The SMILES string of the molecule is CCCNC1CCCC1CN(C)C1CCCCC1O. The highest BCUT2D eigenvalue weighted by Crippen LogP contribution is 2.29. The minimum Gasteiger partial charge on any atom is -0.391 e. The zero-order chi connectivity index (χ0) is 13.7. The van der Waals surface area contributed by atoms with Crippen LogP contribution >= 0.6 is 0 Å². The van der Waals surface area contributed by atoms with Gasteiger partial charge in [0.25, 0.3) is 0 Å². The van der Waals surface area contributed by atoms with Crippen molar-refractivity contribution >= 4 is 0 Å². The van der Waals surface area contributed by atoms with Crippen LogP contribution in [0.4, 0.5) is 0 Å². The minimum absolute atomic E-state index is 0.0952. The van der Waals surface area contributed by atoms with E-state index >= 15 is 0 Å². The third-order valence-electron chi connectivity index (χ3n) is 5.10. The summed E-state index contributed by atoms with van der Waals surface area (Å²) in [5.74, 6) is 0.783. The lowest BCUT2D eigenvalue weighted by molar-refractivity contribution is 0.0244. The predicted molar refractivity (Wildman–Crippen MR) is 80.3 cm³/mol. The van der Waals surface area contributed by atoms with Gasteiger partial charge in [0.2, 0.25) is 0 Å². The maximum Gasteiger partial charge on any atom is 0.0695 e. The average Bonchev–Trinajstić information content (AvgIpc) is 2.84. The molecular weight excluding hydrogens is 236 g/mol. The van der Waals surface area contributed by atoms with Gasteiger partial charge in [-0.25, -0.2) is 0 Å². The predicted octanol–water partition coefficient (Wildman–Crippen LogP) is 2.39. The van der Waals surface area contributed by atoms with Crippen LogP contribution in [0.25, 0.3) is 0 Å². The monoisotopic (exact) mass is 268 g/mol. The molecule has 3 heteroatoms. The second-order valence-electron chi connectivity index (χ2n) is 6.61. The first-order valence-electron chi connectivity index (χ1n) is 8.34. The molecule has 4 unspecified atom stereocenters. The molecule has 2 fully saturated rings. The van der Waals surface area contributed by atoms with Crippen molar-refractivity contribution in [2.75, 3.05) is 20.1 Å². The van der Waals surface area contributed by atoms with Gasteiger partial charge in [-0.05, 0) is 51.6 Å². The first-order valence-corrected chi connectivity index (χ1v) is 8.34. The van der Waals surface area contributed by atoms with Gasteiger partial charge in [0, 0.05) is 18.6 Å². The average molecular weight is 268 g/mol. The lowest BCUT2D eigenvalue weighted by Gasteiger charge is -2.37. The highest BCUT2D eigenvalue weighted by Gasteiger charge is 2.32. The summed E-state index contributed by atoms with van der Waals surface area (Å²) < 4.78 is 0. The third-order valence-corrected chi connectivity index (χ3v) is 5.10. The lowest BCUT2D eigenvalue weighted by atomic mass is 9.90. The number of nitrogens with one attached hydrogen (secondary N) is 1. The summed E-state index contributed by atoms with van der Waals surface area (Å²) in [6.07, 6.45) is 9.86. The fourth-order valence-corrected chi connectivity index (χ4v) is 3.96. The zero-order valence-corrected chi connectivity index (χ0v) is 12.8. The first kappa shape index (κ1) is 15.3. The van der Waals surface area contributed by atoms with E-state index in [1.165, 1.54) is 44.9 Å². The van der Waals surface area contributed by atoms with Crippen molar-refractivity contribution in [2.24, 2.45) is 5.92 Å². The Morgan fingerprint density at radius 1 is 1.11 bits per heavy atom. The van der Waals surface area contributed by atoms with Gasteiger partial charge in [0.15, 0.2) is 0 Å². The van der Waals surface area contributed by atoms with Gasteiger partial charge in [-0.2, -0.15) is 0 Å². The molecule has 0 radical (unpaired) electrons. The van der Waals surface area contributed by atoms with Crippen molar-refractivity contribution in [3.8, 4) is 0 Å². The topological polar surface area (TPSA) is 35.5 Å². The molecule has 0 aliphatic heterocycles. The molecule has 0 heterocycles. The number of aliphatic hydroxyl groups excluding tert-OH is 1. The van der Waals surface area contributed by atoms with Crippen LogP contribution in [-0.4, -0.2) is 48.3 Å². The maximum absolute atomic E-state index is 10.2. The van der Waals surface area contributed by atoms with Gasteiger partial charge in [0.05, 0.1) is 6.10 Å². The van der Waals surface area contributed by atoms with Gasteiger partial charge in [0.1, 0.15) is 0 Å². The van der Waals surface area contributed by atoms with Crippen LogP contribution in [0, 0.1) is 5.92 Å². The zero-order valence-electron chi connectivity index (χ0n) is 12.8. The lowest BCUT2D eigenvalue weighted by Crippen LogP contribution is -2.47. The molecule has 0 aromatic rings. The summed E-state index contributed by atoms with van der Waals surface area (Å²) >= 11 is 0. The second-order valence-corrected chi connectivity index (χ2v) is 6.61. The van der Waals surface area contributed by atoms with E-state index in [1.54, 1.807) is 0 Å². The van der Waals surface area contributed by atoms with E-state index in [0.29, 0.717) is 12.1 Å². The summed E-state index contributed by atoms with van der Waals surface area (Å²) in [5.41, 5.74) is 0. The van der Waals surface area contributed by atoms with Gasteiger partial charge in [-0.3, -0.25) is 0 Å². The minimum atomic E-state index is -0.0952. The van der Waals surface area contributed by atoms with Crippen molar-refractivity contribution in [2.45, 2.75) is 76.5 Å². The van der Waals surface area contributed by atoms with Crippen LogP contribution in [0.15, 0.2) is 0 Å². The van der Waals surface area contributed by atoms with Crippen LogP contribution in [0.3, 0.4) is 0 Å². The summed E-state index contributed by atoms with van der Waals surface area (Å²) in [5, 5.41) is 13.9. The molecule has 19 heavy (non-hydrogen) atoms. The Kier molecular flexibility index (Phi) is 6.11. The van der Waals surface area contributed by atoms with Gasteiger partial charge in [-0.15, -0.1) is 0 Å². The van der Waals surface area contributed by atoms with Gasteiger partial charge >= 0.3 is 0 Å². The summed E-state index contributed by atoms with van der Waals surface area (Å²) in [6, 6.07) is 1.12.